The van der Waals surface area contributed by atoms with Gasteiger partial charge >= 0.3 is 0 Å². The Balaban J connectivity index is 1.83. The molecule has 0 spiro atoms. The van der Waals surface area contributed by atoms with E-state index >= 15 is 0 Å². The molecule has 2 atom stereocenters. The molecule has 156 valence electrons. The quantitative estimate of drug-likeness (QED) is 0.164. The van der Waals surface area contributed by atoms with Crippen LogP contribution in [0.25, 0.3) is 38.6 Å². The number of fused-ring (bicyclic) bond motifs is 6. The monoisotopic (exact) mass is 415 g/mol. The predicted molar refractivity (Wildman–Crippen MR) is 132 cm³/mol. The third kappa shape index (κ3) is 1.72. The molecule has 1 aliphatic carbocycles. The molecule has 0 amide bonds. The molecule has 7 rings (SSSR count). The van der Waals surface area contributed by atoms with Crippen LogP contribution in [0.2, 0.25) is 0 Å². The van der Waals surface area contributed by atoms with E-state index in [9.17, 15) is 0 Å². The second-order valence-corrected chi connectivity index (χ2v) is 10.2. The van der Waals surface area contributed by atoms with E-state index in [1.165, 1.54) is 66.4 Å². The van der Waals surface area contributed by atoms with Gasteiger partial charge in [0.15, 0.2) is 5.69 Å². The molecule has 0 saturated heterocycles. The zero-order chi connectivity index (χ0) is 22.2. The Morgan fingerprint density at radius 3 is 2.34 bits per heavy atom. The summed E-state index contributed by atoms with van der Waals surface area (Å²) >= 11 is 0. The highest BCUT2D eigenvalue weighted by molar-refractivity contribution is 6.14. The zero-order valence-corrected chi connectivity index (χ0v) is 19.4. The fraction of sp³-hybridized carbons (Fsp3) is 0.233. The van der Waals surface area contributed by atoms with Crippen molar-refractivity contribution in [1.82, 2.24) is 4.40 Å². The average molecular weight is 416 g/mol. The van der Waals surface area contributed by atoms with Gasteiger partial charge in [0.2, 0.25) is 0 Å². The summed E-state index contributed by atoms with van der Waals surface area (Å²) in [6.45, 7) is 16.0. The number of pyridine rings is 1. The number of hydrogen-bond donors (Lipinski definition) is 0. The predicted octanol–water partition coefficient (Wildman–Crippen LogP) is 6.68. The fourth-order valence-electron chi connectivity index (χ4n) is 6.74. The van der Waals surface area contributed by atoms with Crippen LogP contribution in [-0.2, 0) is 11.0 Å². The second-order valence-electron chi connectivity index (χ2n) is 10.2. The summed E-state index contributed by atoms with van der Waals surface area (Å²) in [6, 6.07) is 20.4. The molecular formula is C30H27N2+. The summed E-state index contributed by atoms with van der Waals surface area (Å²) in [7, 11) is 0. The zero-order valence-electron chi connectivity index (χ0n) is 19.4. The third-order valence-corrected chi connectivity index (χ3v) is 8.76. The number of hydrogen-bond acceptors (Lipinski definition) is 0. The molecular weight excluding hydrogens is 388 g/mol. The lowest BCUT2D eigenvalue weighted by molar-refractivity contribution is -0.711. The Bertz CT molecular complexity index is 1680. The highest BCUT2D eigenvalue weighted by Crippen LogP contribution is 2.67. The van der Waals surface area contributed by atoms with E-state index in [1.54, 1.807) is 0 Å². The van der Waals surface area contributed by atoms with Crippen LogP contribution >= 0.6 is 0 Å². The van der Waals surface area contributed by atoms with Crippen molar-refractivity contribution in [1.29, 1.82) is 0 Å². The van der Waals surface area contributed by atoms with Gasteiger partial charge in [-0.2, -0.15) is 4.40 Å². The van der Waals surface area contributed by atoms with Crippen molar-refractivity contribution in [2.24, 2.45) is 0 Å². The summed E-state index contributed by atoms with van der Waals surface area (Å²) in [5, 5.41) is 4.04. The van der Waals surface area contributed by atoms with Gasteiger partial charge in [0.1, 0.15) is 17.3 Å². The van der Waals surface area contributed by atoms with E-state index < -0.39 is 0 Å². The van der Waals surface area contributed by atoms with E-state index in [0.29, 0.717) is 0 Å². The lowest BCUT2D eigenvalue weighted by atomic mass is 9.85. The first kappa shape index (κ1) is 18.2. The van der Waals surface area contributed by atoms with Crippen LogP contribution in [0.5, 0.6) is 0 Å². The Hall–Kier alpha value is -3.39. The molecule has 3 aromatic carbocycles. The highest BCUT2D eigenvalue weighted by atomic mass is 15.2. The first-order valence-electron chi connectivity index (χ1n) is 11.5. The molecule has 1 saturated carbocycles. The van der Waals surface area contributed by atoms with Gasteiger partial charge in [-0.25, -0.2) is 4.57 Å². The number of allylic oxidation sites excluding steroid dienone is 1. The largest absolute Gasteiger partial charge is 0.296 e. The van der Waals surface area contributed by atoms with E-state index in [-0.39, 0.29) is 11.0 Å². The number of aromatic nitrogens is 2. The summed E-state index contributed by atoms with van der Waals surface area (Å²) in [5.74, 6) is 0. The standard InChI is InChI=1S/C30H27N2/c1-17-13-14-24-22(15-17)21-11-8-12-23-27(21)28-31(30(6)20(4)29(23,30)5)16-25(32(24)28)26-18(2)9-7-10-19(26)3/h7-16H,4H2,1-3,5-6H3/q+1. The second kappa shape index (κ2) is 5.32. The molecule has 5 aromatic rings. The van der Waals surface area contributed by atoms with E-state index in [4.69, 9.17) is 0 Å². The maximum atomic E-state index is 4.58. The molecule has 0 N–H and O–H groups in total. The number of benzene rings is 3. The molecule has 0 bridgehead atoms. The number of rotatable bonds is 1. The minimum absolute atomic E-state index is 0.0401. The van der Waals surface area contributed by atoms with E-state index in [2.05, 4.69) is 111 Å². The molecule has 3 heterocycles. The maximum Gasteiger partial charge on any atom is 0.296 e. The van der Waals surface area contributed by atoms with Gasteiger partial charge in [-0.3, -0.25) is 0 Å². The van der Waals surface area contributed by atoms with Gasteiger partial charge in [-0.1, -0.05) is 54.6 Å². The van der Waals surface area contributed by atoms with Gasteiger partial charge in [0.25, 0.3) is 5.65 Å². The number of imidazole rings is 1. The van der Waals surface area contributed by atoms with Crippen LogP contribution in [0, 0.1) is 20.8 Å². The smallest absolute Gasteiger partial charge is 0.219 e. The van der Waals surface area contributed by atoms with Crippen molar-refractivity contribution in [2.45, 2.75) is 45.6 Å². The molecule has 1 aliphatic heterocycles. The van der Waals surface area contributed by atoms with Gasteiger partial charge in [0, 0.05) is 16.3 Å². The SMILES string of the molecule is C=C1C2(C)c3cccc4c5cc(C)ccc5n5c(-c6c(C)cccc6C)c[n+](c5c34)C12C. The first-order valence-corrected chi connectivity index (χ1v) is 11.5. The van der Waals surface area contributed by atoms with Crippen LogP contribution in [0.15, 0.2) is 72.9 Å². The van der Waals surface area contributed by atoms with Crippen molar-refractivity contribution in [3.63, 3.8) is 0 Å². The molecule has 2 nitrogen and oxygen atoms in total. The van der Waals surface area contributed by atoms with Gasteiger partial charge in [-0.05, 0) is 69.0 Å². The number of nitrogens with zero attached hydrogens (tertiary/aromatic N) is 2. The molecule has 2 heteroatoms. The highest BCUT2D eigenvalue weighted by Gasteiger charge is 2.74. The molecule has 2 aromatic heterocycles. The maximum absolute atomic E-state index is 4.58. The van der Waals surface area contributed by atoms with Gasteiger partial charge in [-0.15, -0.1) is 0 Å². The van der Waals surface area contributed by atoms with Crippen molar-refractivity contribution >= 4 is 27.3 Å². The molecule has 2 aliphatic rings. The fourth-order valence-corrected chi connectivity index (χ4v) is 6.74. The van der Waals surface area contributed by atoms with Crippen molar-refractivity contribution in [2.75, 3.05) is 0 Å². The van der Waals surface area contributed by atoms with E-state index in [0.717, 1.165) is 0 Å². The minimum Gasteiger partial charge on any atom is -0.219 e. The van der Waals surface area contributed by atoms with Gasteiger partial charge < -0.3 is 0 Å². The van der Waals surface area contributed by atoms with Crippen molar-refractivity contribution < 1.29 is 4.57 Å². The Morgan fingerprint density at radius 2 is 1.59 bits per heavy atom. The Kier molecular flexibility index (Phi) is 3.03. The molecule has 2 unspecified atom stereocenters. The summed E-state index contributed by atoms with van der Waals surface area (Å²) in [5.41, 5.74) is 11.7. The minimum atomic E-state index is -0.104. The third-order valence-electron chi connectivity index (χ3n) is 8.76. The van der Waals surface area contributed by atoms with Crippen molar-refractivity contribution in [3.05, 3.63) is 95.2 Å². The lowest BCUT2D eigenvalue weighted by Crippen LogP contribution is -2.50. The summed E-state index contributed by atoms with van der Waals surface area (Å²) < 4.78 is 5.05. The summed E-state index contributed by atoms with van der Waals surface area (Å²) in [6.07, 6.45) is 2.40. The molecule has 32 heavy (non-hydrogen) atoms. The Labute approximate surface area is 188 Å². The topological polar surface area (TPSA) is 8.29 Å². The normalized spacial score (nSPS) is 23.5. The van der Waals surface area contributed by atoms with Crippen LogP contribution in [-0.4, -0.2) is 4.40 Å². The molecule has 0 radical (unpaired) electrons. The Morgan fingerprint density at radius 1 is 0.875 bits per heavy atom. The van der Waals surface area contributed by atoms with Gasteiger partial charge in [0.05, 0.1) is 10.8 Å². The van der Waals surface area contributed by atoms with Crippen LogP contribution in [0.3, 0.4) is 0 Å². The lowest BCUT2D eigenvalue weighted by Gasteiger charge is -2.23. The van der Waals surface area contributed by atoms with Crippen LogP contribution in [0.1, 0.15) is 36.1 Å². The van der Waals surface area contributed by atoms with Crippen LogP contribution < -0.4 is 4.57 Å². The summed E-state index contributed by atoms with van der Waals surface area (Å²) in [4.78, 5) is 0. The van der Waals surface area contributed by atoms with Crippen LogP contribution in [0.4, 0.5) is 0 Å². The first-order chi connectivity index (χ1) is 15.3. The van der Waals surface area contributed by atoms with E-state index in [1.807, 2.05) is 0 Å². The number of aryl methyl sites for hydroxylation is 3. The average Bonchev–Trinajstić information content (AvgIpc) is 3.07. The molecule has 1 fully saturated rings. The van der Waals surface area contributed by atoms with Crippen molar-refractivity contribution in [3.8, 4) is 11.3 Å².